The van der Waals surface area contributed by atoms with E-state index in [1.54, 1.807) is 0 Å². The number of rotatable bonds is 6. The molecular weight excluding hydrogens is 160 g/mol. The summed E-state index contributed by atoms with van der Waals surface area (Å²) >= 11 is 0. The lowest BCUT2D eigenvalue weighted by atomic mass is 10.4. The SMILES string of the molecule is C#CCCC[Si](C=C)(C=C)C=C. The van der Waals surface area contributed by atoms with Crippen molar-refractivity contribution in [2.45, 2.75) is 18.9 Å². The first-order chi connectivity index (χ1) is 5.74. The molecular formula is C11H16Si. The molecule has 0 aliphatic rings. The van der Waals surface area contributed by atoms with E-state index in [1.165, 1.54) is 0 Å². The van der Waals surface area contributed by atoms with Crippen molar-refractivity contribution in [1.82, 2.24) is 0 Å². The van der Waals surface area contributed by atoms with Crippen molar-refractivity contribution in [3.05, 3.63) is 36.8 Å². The zero-order valence-electron chi connectivity index (χ0n) is 7.55. The first-order valence-corrected chi connectivity index (χ1v) is 6.53. The van der Waals surface area contributed by atoms with E-state index in [1.807, 2.05) is 17.1 Å². The van der Waals surface area contributed by atoms with Crippen molar-refractivity contribution in [2.24, 2.45) is 0 Å². The summed E-state index contributed by atoms with van der Waals surface area (Å²) in [4.78, 5) is 0. The minimum Gasteiger partial charge on any atom is -0.120 e. The van der Waals surface area contributed by atoms with Crippen LogP contribution in [-0.4, -0.2) is 8.07 Å². The van der Waals surface area contributed by atoms with Crippen molar-refractivity contribution in [3.8, 4) is 12.3 Å². The van der Waals surface area contributed by atoms with Gasteiger partial charge in [0.25, 0.3) is 0 Å². The molecule has 0 amide bonds. The molecule has 0 saturated heterocycles. The quantitative estimate of drug-likeness (QED) is 0.331. The second-order valence-corrected chi connectivity index (χ2v) is 6.73. The topological polar surface area (TPSA) is 0 Å². The Bertz CT molecular complexity index is 186. The lowest BCUT2D eigenvalue weighted by Crippen LogP contribution is -2.26. The first kappa shape index (κ1) is 11.0. The van der Waals surface area contributed by atoms with E-state index >= 15 is 0 Å². The van der Waals surface area contributed by atoms with Gasteiger partial charge in [-0.2, -0.15) is 0 Å². The molecule has 0 nitrogen and oxygen atoms in total. The fraction of sp³-hybridized carbons (Fsp3) is 0.273. The Morgan fingerprint density at radius 3 is 2.00 bits per heavy atom. The summed E-state index contributed by atoms with van der Waals surface area (Å²) in [7, 11) is -1.56. The van der Waals surface area contributed by atoms with Gasteiger partial charge in [0.05, 0.1) is 0 Å². The normalized spacial score (nSPS) is 9.92. The molecule has 0 bridgehead atoms. The fourth-order valence-electron chi connectivity index (χ4n) is 1.05. The van der Waals surface area contributed by atoms with Crippen LogP contribution in [0.25, 0.3) is 0 Å². The number of hydrogen-bond acceptors (Lipinski definition) is 0. The van der Waals surface area contributed by atoms with Gasteiger partial charge in [0.15, 0.2) is 0 Å². The first-order valence-electron chi connectivity index (χ1n) is 4.09. The summed E-state index contributed by atoms with van der Waals surface area (Å²) in [5, 5.41) is 0. The third-order valence-corrected chi connectivity index (χ3v) is 5.57. The van der Waals surface area contributed by atoms with E-state index in [-0.39, 0.29) is 0 Å². The fourth-order valence-corrected chi connectivity index (χ4v) is 2.95. The van der Waals surface area contributed by atoms with Crippen molar-refractivity contribution >= 4 is 8.07 Å². The van der Waals surface area contributed by atoms with Crippen LogP contribution in [0.4, 0.5) is 0 Å². The molecule has 0 heterocycles. The van der Waals surface area contributed by atoms with Gasteiger partial charge in [-0.25, -0.2) is 0 Å². The summed E-state index contributed by atoms with van der Waals surface area (Å²) < 4.78 is 0. The zero-order valence-corrected chi connectivity index (χ0v) is 8.55. The predicted molar refractivity (Wildman–Crippen MR) is 59.2 cm³/mol. The average Bonchev–Trinajstić information content (AvgIpc) is 2.14. The highest BCUT2D eigenvalue weighted by atomic mass is 28.3. The molecule has 0 saturated carbocycles. The van der Waals surface area contributed by atoms with Crippen LogP contribution in [0.5, 0.6) is 0 Å². The van der Waals surface area contributed by atoms with Gasteiger partial charge in [0, 0.05) is 6.42 Å². The third kappa shape index (κ3) is 2.94. The summed E-state index contributed by atoms with van der Waals surface area (Å²) in [5.41, 5.74) is 6.01. The highest BCUT2D eigenvalue weighted by Crippen LogP contribution is 2.16. The van der Waals surface area contributed by atoms with E-state index in [0.29, 0.717) is 0 Å². The lowest BCUT2D eigenvalue weighted by molar-refractivity contribution is 0.965. The second-order valence-electron chi connectivity index (χ2n) is 2.78. The zero-order chi connectivity index (χ0) is 9.45. The maximum atomic E-state index is 5.17. The molecule has 0 aliphatic carbocycles. The molecule has 1 heteroatoms. The molecule has 0 fully saturated rings. The number of unbranched alkanes of at least 4 members (excludes halogenated alkanes) is 1. The van der Waals surface area contributed by atoms with Crippen LogP contribution in [-0.2, 0) is 0 Å². The monoisotopic (exact) mass is 176 g/mol. The third-order valence-electron chi connectivity index (χ3n) is 2.07. The van der Waals surface area contributed by atoms with Gasteiger partial charge < -0.3 is 0 Å². The van der Waals surface area contributed by atoms with Crippen LogP contribution in [0.15, 0.2) is 36.8 Å². The summed E-state index contributed by atoms with van der Waals surface area (Å²) in [6, 6.07) is 1.09. The Kier molecular flexibility index (Phi) is 5.15. The molecule has 0 aliphatic heterocycles. The van der Waals surface area contributed by atoms with E-state index in [4.69, 9.17) is 6.42 Å². The molecule has 0 aromatic heterocycles. The van der Waals surface area contributed by atoms with Crippen molar-refractivity contribution < 1.29 is 0 Å². The second kappa shape index (κ2) is 5.62. The van der Waals surface area contributed by atoms with Crippen LogP contribution in [0.2, 0.25) is 6.04 Å². The largest absolute Gasteiger partial charge is 0.124 e. The molecule has 0 aromatic carbocycles. The van der Waals surface area contributed by atoms with Gasteiger partial charge in [-0.05, 0) is 12.5 Å². The highest BCUT2D eigenvalue weighted by molar-refractivity contribution is 6.93. The van der Waals surface area contributed by atoms with Gasteiger partial charge >= 0.3 is 0 Å². The van der Waals surface area contributed by atoms with E-state index in [9.17, 15) is 0 Å². The molecule has 0 spiro atoms. The van der Waals surface area contributed by atoms with Crippen molar-refractivity contribution in [2.75, 3.05) is 0 Å². The Morgan fingerprint density at radius 2 is 1.67 bits per heavy atom. The van der Waals surface area contributed by atoms with Crippen LogP contribution in [0.1, 0.15) is 12.8 Å². The smallest absolute Gasteiger partial charge is 0.120 e. The van der Waals surface area contributed by atoms with Gasteiger partial charge in [0.2, 0.25) is 0 Å². The van der Waals surface area contributed by atoms with E-state index < -0.39 is 8.07 Å². The summed E-state index contributed by atoms with van der Waals surface area (Å²) in [6.07, 6.45) is 7.06. The van der Waals surface area contributed by atoms with Crippen molar-refractivity contribution in [3.63, 3.8) is 0 Å². The Morgan fingerprint density at radius 1 is 1.17 bits per heavy atom. The van der Waals surface area contributed by atoms with Crippen LogP contribution >= 0.6 is 0 Å². The number of hydrogen-bond donors (Lipinski definition) is 0. The lowest BCUT2D eigenvalue weighted by Gasteiger charge is -2.18. The van der Waals surface area contributed by atoms with E-state index in [2.05, 4.69) is 25.7 Å². The highest BCUT2D eigenvalue weighted by Gasteiger charge is 2.19. The maximum absolute atomic E-state index is 5.17. The Labute approximate surface area is 76.7 Å². The molecule has 64 valence electrons. The van der Waals surface area contributed by atoms with Gasteiger partial charge in [-0.1, -0.05) is 17.1 Å². The molecule has 12 heavy (non-hydrogen) atoms. The minimum atomic E-state index is -1.56. The van der Waals surface area contributed by atoms with Crippen LogP contribution in [0.3, 0.4) is 0 Å². The molecule has 0 N–H and O–H groups in total. The molecule has 0 unspecified atom stereocenters. The summed E-state index contributed by atoms with van der Waals surface area (Å²) in [5.74, 6) is 2.63. The Balaban J connectivity index is 4.13. The van der Waals surface area contributed by atoms with Gasteiger partial charge in [-0.3, -0.25) is 0 Å². The summed E-state index contributed by atoms with van der Waals surface area (Å²) in [6.45, 7) is 11.5. The number of terminal acetylenes is 1. The van der Waals surface area contributed by atoms with Crippen LogP contribution in [0, 0.1) is 12.3 Å². The van der Waals surface area contributed by atoms with E-state index in [0.717, 1.165) is 18.9 Å². The maximum Gasteiger partial charge on any atom is 0.124 e. The predicted octanol–water partition coefficient (Wildman–Crippen LogP) is 3.02. The molecule has 0 aromatic rings. The van der Waals surface area contributed by atoms with Gasteiger partial charge in [0.1, 0.15) is 8.07 Å². The van der Waals surface area contributed by atoms with Gasteiger partial charge in [-0.15, -0.1) is 32.1 Å². The molecule has 0 rings (SSSR count). The Hall–Kier alpha value is -1.00. The standard InChI is InChI=1S/C11H16Si/c1-5-9-10-11-12(6-2,7-3)8-4/h1,6-8H,2-4,9-11H2. The average molecular weight is 176 g/mol. The van der Waals surface area contributed by atoms with Crippen molar-refractivity contribution in [1.29, 1.82) is 0 Å². The minimum absolute atomic E-state index is 0.838. The molecule has 0 atom stereocenters. The van der Waals surface area contributed by atoms with Crippen LogP contribution < -0.4 is 0 Å². The molecule has 0 radical (unpaired) electrons.